The number of aryl methyl sites for hydroxylation is 1. The molecule has 2 aromatic rings. The molecule has 0 N–H and O–H groups in total. The molecule has 2 nitrogen and oxygen atoms in total. The molecule has 20 heavy (non-hydrogen) atoms. The van der Waals surface area contributed by atoms with Crippen LogP contribution < -0.4 is 9.64 Å². The topological polar surface area (TPSA) is 12.5 Å². The molecule has 104 valence electrons. The Balaban J connectivity index is 1.95. The minimum atomic E-state index is 0.538. The van der Waals surface area contributed by atoms with Crippen LogP contribution in [0.1, 0.15) is 23.6 Å². The predicted octanol–water partition coefficient (Wildman–Crippen LogP) is 3.95. The quantitative estimate of drug-likeness (QED) is 0.834. The van der Waals surface area contributed by atoms with Crippen molar-refractivity contribution in [3.63, 3.8) is 0 Å². The SMILES string of the molecule is COc1cc(C)c2c(c1)C[C@H](C)N2Cc1ccccc1. The molecule has 1 aliphatic heterocycles. The highest BCUT2D eigenvalue weighted by Gasteiger charge is 2.28. The zero-order chi connectivity index (χ0) is 14.1. The molecule has 0 unspecified atom stereocenters. The van der Waals surface area contributed by atoms with Crippen molar-refractivity contribution in [3.8, 4) is 5.75 Å². The maximum atomic E-state index is 5.39. The molecule has 0 amide bonds. The van der Waals surface area contributed by atoms with E-state index >= 15 is 0 Å². The zero-order valence-electron chi connectivity index (χ0n) is 12.4. The van der Waals surface area contributed by atoms with Crippen molar-refractivity contribution in [3.05, 3.63) is 59.2 Å². The van der Waals surface area contributed by atoms with Crippen molar-refractivity contribution >= 4 is 5.69 Å². The molecule has 1 aliphatic rings. The van der Waals surface area contributed by atoms with Gasteiger partial charge in [0, 0.05) is 18.3 Å². The fourth-order valence-corrected chi connectivity index (χ4v) is 3.17. The fourth-order valence-electron chi connectivity index (χ4n) is 3.17. The van der Waals surface area contributed by atoms with Crippen LogP contribution in [0.3, 0.4) is 0 Å². The van der Waals surface area contributed by atoms with Crippen molar-refractivity contribution in [2.75, 3.05) is 12.0 Å². The summed E-state index contributed by atoms with van der Waals surface area (Å²) in [4.78, 5) is 2.51. The fraction of sp³-hybridized carbons (Fsp3) is 0.333. The van der Waals surface area contributed by atoms with Gasteiger partial charge in [0.2, 0.25) is 0 Å². The van der Waals surface area contributed by atoms with E-state index in [1.807, 2.05) is 0 Å². The van der Waals surface area contributed by atoms with Gasteiger partial charge in [-0.1, -0.05) is 30.3 Å². The highest BCUT2D eigenvalue weighted by Crippen LogP contribution is 2.38. The Kier molecular flexibility index (Phi) is 3.39. The third-order valence-electron chi connectivity index (χ3n) is 4.12. The van der Waals surface area contributed by atoms with Gasteiger partial charge in [0.15, 0.2) is 0 Å². The molecule has 0 saturated carbocycles. The number of nitrogens with zero attached hydrogens (tertiary/aromatic N) is 1. The van der Waals surface area contributed by atoms with Crippen LogP contribution in [0.2, 0.25) is 0 Å². The summed E-state index contributed by atoms with van der Waals surface area (Å²) >= 11 is 0. The Bertz CT molecular complexity index is 606. The second kappa shape index (κ2) is 5.20. The summed E-state index contributed by atoms with van der Waals surface area (Å²) < 4.78 is 5.39. The maximum Gasteiger partial charge on any atom is 0.119 e. The second-order valence-corrected chi connectivity index (χ2v) is 5.62. The van der Waals surface area contributed by atoms with E-state index < -0.39 is 0 Å². The van der Waals surface area contributed by atoms with Crippen LogP contribution >= 0.6 is 0 Å². The van der Waals surface area contributed by atoms with Gasteiger partial charge < -0.3 is 9.64 Å². The van der Waals surface area contributed by atoms with Crippen LogP contribution in [0.5, 0.6) is 5.75 Å². The first-order valence-corrected chi connectivity index (χ1v) is 7.17. The Hall–Kier alpha value is -1.96. The van der Waals surface area contributed by atoms with Gasteiger partial charge in [-0.15, -0.1) is 0 Å². The van der Waals surface area contributed by atoms with Crippen molar-refractivity contribution in [1.82, 2.24) is 0 Å². The molecule has 1 heterocycles. The van der Waals surface area contributed by atoms with Gasteiger partial charge in [-0.3, -0.25) is 0 Å². The summed E-state index contributed by atoms with van der Waals surface area (Å²) in [6.07, 6.45) is 1.10. The minimum absolute atomic E-state index is 0.538. The number of benzene rings is 2. The smallest absolute Gasteiger partial charge is 0.119 e. The first kappa shape index (κ1) is 13.0. The second-order valence-electron chi connectivity index (χ2n) is 5.62. The molecule has 0 radical (unpaired) electrons. The van der Waals surface area contributed by atoms with Gasteiger partial charge in [-0.2, -0.15) is 0 Å². The highest BCUT2D eigenvalue weighted by molar-refractivity contribution is 5.66. The summed E-state index contributed by atoms with van der Waals surface area (Å²) in [7, 11) is 1.74. The number of fused-ring (bicyclic) bond motifs is 1. The molecule has 0 aliphatic carbocycles. The van der Waals surface area contributed by atoms with Crippen LogP contribution in [0.15, 0.2) is 42.5 Å². The Morgan fingerprint density at radius 2 is 1.95 bits per heavy atom. The van der Waals surface area contributed by atoms with E-state index in [0.29, 0.717) is 6.04 Å². The van der Waals surface area contributed by atoms with Crippen molar-refractivity contribution < 1.29 is 4.74 Å². The van der Waals surface area contributed by atoms with E-state index in [1.165, 1.54) is 22.4 Å². The van der Waals surface area contributed by atoms with Gasteiger partial charge in [-0.05, 0) is 49.1 Å². The largest absolute Gasteiger partial charge is 0.497 e. The van der Waals surface area contributed by atoms with Gasteiger partial charge in [-0.25, -0.2) is 0 Å². The number of ether oxygens (including phenoxy) is 1. The normalized spacial score (nSPS) is 17.1. The summed E-state index contributed by atoms with van der Waals surface area (Å²) in [5.41, 5.74) is 5.47. The third kappa shape index (κ3) is 2.26. The molecule has 2 aromatic carbocycles. The molecule has 0 fully saturated rings. The first-order valence-electron chi connectivity index (χ1n) is 7.17. The lowest BCUT2D eigenvalue weighted by Crippen LogP contribution is -2.29. The van der Waals surface area contributed by atoms with Gasteiger partial charge >= 0.3 is 0 Å². The van der Waals surface area contributed by atoms with Crippen LogP contribution in [0, 0.1) is 6.92 Å². The lowest BCUT2D eigenvalue weighted by atomic mass is 10.1. The molecule has 1 atom stereocenters. The monoisotopic (exact) mass is 267 g/mol. The third-order valence-corrected chi connectivity index (χ3v) is 4.12. The maximum absolute atomic E-state index is 5.39. The molecule has 3 rings (SSSR count). The van der Waals surface area contributed by atoms with Gasteiger partial charge in [0.25, 0.3) is 0 Å². The van der Waals surface area contributed by atoms with E-state index in [1.54, 1.807) is 7.11 Å². The highest BCUT2D eigenvalue weighted by atomic mass is 16.5. The van der Waals surface area contributed by atoms with Crippen LogP contribution in [0.4, 0.5) is 5.69 Å². The molecule has 0 bridgehead atoms. The molecule has 0 spiro atoms. The number of hydrogen-bond donors (Lipinski definition) is 0. The minimum Gasteiger partial charge on any atom is -0.497 e. The molecular formula is C18H21NO. The van der Waals surface area contributed by atoms with Crippen LogP contribution in [-0.4, -0.2) is 13.2 Å². The van der Waals surface area contributed by atoms with E-state index in [9.17, 15) is 0 Å². The number of hydrogen-bond acceptors (Lipinski definition) is 2. The average Bonchev–Trinajstić information content (AvgIpc) is 2.76. The Labute approximate surface area is 121 Å². The molecular weight excluding hydrogens is 246 g/mol. The van der Waals surface area contributed by atoms with Gasteiger partial charge in [0.05, 0.1) is 7.11 Å². The summed E-state index contributed by atoms with van der Waals surface area (Å²) in [5, 5.41) is 0. The Morgan fingerprint density at radius 1 is 1.20 bits per heavy atom. The van der Waals surface area contributed by atoms with Crippen molar-refractivity contribution in [2.45, 2.75) is 32.9 Å². The number of methoxy groups -OCH3 is 1. The van der Waals surface area contributed by atoms with Gasteiger partial charge in [0.1, 0.15) is 5.75 Å². The van der Waals surface area contributed by atoms with E-state index in [0.717, 1.165) is 18.7 Å². The van der Waals surface area contributed by atoms with E-state index in [-0.39, 0.29) is 0 Å². The lowest BCUT2D eigenvalue weighted by molar-refractivity contribution is 0.414. The number of rotatable bonds is 3. The Morgan fingerprint density at radius 3 is 2.65 bits per heavy atom. The lowest BCUT2D eigenvalue weighted by Gasteiger charge is -2.26. The standard InChI is InChI=1S/C18H21NO/c1-13-9-17(20-3)11-16-10-14(2)19(18(13)16)12-15-7-5-4-6-8-15/h4-9,11,14H,10,12H2,1-3H3/t14-/m0/s1. The van der Waals surface area contributed by atoms with E-state index in [2.05, 4.69) is 61.2 Å². The van der Waals surface area contributed by atoms with Crippen molar-refractivity contribution in [1.29, 1.82) is 0 Å². The molecule has 2 heteroatoms. The predicted molar refractivity (Wildman–Crippen MR) is 83.5 cm³/mol. The zero-order valence-corrected chi connectivity index (χ0v) is 12.4. The van der Waals surface area contributed by atoms with Crippen LogP contribution in [-0.2, 0) is 13.0 Å². The van der Waals surface area contributed by atoms with Crippen LogP contribution in [0.25, 0.3) is 0 Å². The summed E-state index contributed by atoms with van der Waals surface area (Å²) in [5.74, 6) is 0.968. The number of anilines is 1. The summed E-state index contributed by atoms with van der Waals surface area (Å²) in [6, 6.07) is 15.5. The first-order chi connectivity index (χ1) is 9.69. The summed E-state index contributed by atoms with van der Waals surface area (Å²) in [6.45, 7) is 5.45. The molecule has 0 aromatic heterocycles. The average molecular weight is 267 g/mol. The van der Waals surface area contributed by atoms with E-state index in [4.69, 9.17) is 4.74 Å². The van der Waals surface area contributed by atoms with Crippen molar-refractivity contribution in [2.24, 2.45) is 0 Å². The molecule has 0 saturated heterocycles.